The Morgan fingerprint density at radius 3 is 2.79 bits per heavy atom. The zero-order chi connectivity index (χ0) is 26.2. The van der Waals surface area contributed by atoms with Gasteiger partial charge in [-0.15, -0.1) is 24.8 Å². The molecule has 2 aromatic heterocycles. The number of rotatable bonds is 10. The van der Waals surface area contributed by atoms with Crippen molar-refractivity contribution in [1.29, 1.82) is 0 Å². The van der Waals surface area contributed by atoms with Gasteiger partial charge in [-0.05, 0) is 61.6 Å². The average molecular weight is 585 g/mol. The van der Waals surface area contributed by atoms with Crippen molar-refractivity contribution in [2.45, 2.75) is 50.4 Å². The van der Waals surface area contributed by atoms with E-state index in [1.54, 1.807) is 30.9 Å². The fraction of sp³-hybridized carbons (Fsp3) is 0.370. The molecule has 3 atom stereocenters. The Balaban J connectivity index is 0.00000267. The molecule has 0 unspecified atom stereocenters. The summed E-state index contributed by atoms with van der Waals surface area (Å²) in [5, 5.41) is 12.3. The van der Waals surface area contributed by atoms with E-state index in [0.717, 1.165) is 54.1 Å². The van der Waals surface area contributed by atoms with Crippen molar-refractivity contribution in [3.8, 4) is 5.88 Å². The number of aryl methyl sites for hydroxylation is 1. The lowest BCUT2D eigenvalue weighted by Gasteiger charge is -2.37. The van der Waals surface area contributed by atoms with Crippen LogP contribution >= 0.6 is 24.8 Å². The minimum Gasteiger partial charge on any atom is -0.481 e. The predicted molar refractivity (Wildman–Crippen MR) is 149 cm³/mol. The molecule has 1 saturated heterocycles. The van der Waals surface area contributed by atoms with Crippen LogP contribution in [0.4, 0.5) is 8.78 Å². The first-order valence-corrected chi connectivity index (χ1v) is 12.2. The lowest BCUT2D eigenvalue weighted by atomic mass is 9.93. The summed E-state index contributed by atoms with van der Waals surface area (Å²) in [6, 6.07) is 8.72. The van der Waals surface area contributed by atoms with E-state index in [1.807, 2.05) is 12.1 Å². The Hall–Kier alpha value is -2.89. The smallest absolute Gasteiger partial charge is 0.246 e. The van der Waals surface area contributed by atoms with Gasteiger partial charge in [0.25, 0.3) is 0 Å². The monoisotopic (exact) mass is 584 g/mol. The summed E-state index contributed by atoms with van der Waals surface area (Å²) in [4.78, 5) is 20.8. The molecule has 39 heavy (non-hydrogen) atoms. The second-order valence-corrected chi connectivity index (χ2v) is 8.93. The molecule has 1 aliphatic heterocycles. The third kappa shape index (κ3) is 8.81. The topological polar surface area (TPSA) is 106 Å². The molecule has 4 rings (SSSR count). The number of aromatic nitrogens is 2. The molecule has 212 valence electrons. The Labute approximate surface area is 238 Å². The average Bonchev–Trinajstić information content (AvgIpc) is 2.92. The van der Waals surface area contributed by atoms with Gasteiger partial charge in [-0.25, -0.2) is 19.2 Å². The molecule has 1 fully saturated rings. The summed E-state index contributed by atoms with van der Waals surface area (Å²) in [6.45, 7) is 0.377. The molecule has 8 nitrogen and oxygen atoms in total. The number of carbonyl (C=O) groups is 1. The number of methoxy groups -OCH3 is 1. The highest BCUT2D eigenvalue weighted by Gasteiger charge is 2.32. The standard InChI is InChI=1S/C27H30F2N4O4.2ClH/c1-36-26-11-10-23-27(32-26)17(12-14-31-23)4-6-20-7-9-22(24(37-20)16-25(34)33-35)30-13-2-3-18-15-19(28)5-8-21(18)29;;/h2-3,5,8,10-12,14-15,20,22,24,30,35H,4,6-7,9,13,16H2,1H3,(H,33,34);2*1H/t20-,22-,24-;;/m1../s1. The number of hydroxylamine groups is 1. The molecule has 3 heterocycles. The molecule has 1 amide bonds. The van der Waals surface area contributed by atoms with Crippen LogP contribution in [0.25, 0.3) is 17.1 Å². The summed E-state index contributed by atoms with van der Waals surface area (Å²) >= 11 is 0. The van der Waals surface area contributed by atoms with E-state index in [1.165, 1.54) is 6.08 Å². The van der Waals surface area contributed by atoms with Gasteiger partial charge >= 0.3 is 0 Å². The number of ether oxygens (including phenoxy) is 2. The van der Waals surface area contributed by atoms with Crippen LogP contribution in [0.1, 0.15) is 36.8 Å². The van der Waals surface area contributed by atoms with Gasteiger partial charge < -0.3 is 14.8 Å². The first kappa shape index (κ1) is 32.3. The summed E-state index contributed by atoms with van der Waals surface area (Å²) in [5.74, 6) is -1.03. The SMILES string of the molecule is COc1ccc2nccc(CC[C@@H]3CC[C@@H](NCC=Cc4cc(F)ccc4F)[C@@H](CC(=O)NO)O3)c2n1.Cl.Cl. The van der Waals surface area contributed by atoms with Gasteiger partial charge in [-0.2, -0.15) is 0 Å². The van der Waals surface area contributed by atoms with Crippen molar-refractivity contribution in [2.75, 3.05) is 13.7 Å². The molecule has 0 aliphatic carbocycles. The number of fused-ring (bicyclic) bond motifs is 1. The van der Waals surface area contributed by atoms with Gasteiger partial charge in [0.1, 0.15) is 11.6 Å². The fourth-order valence-electron chi connectivity index (χ4n) is 4.57. The second-order valence-electron chi connectivity index (χ2n) is 8.93. The summed E-state index contributed by atoms with van der Waals surface area (Å²) in [6.07, 6.45) is 7.37. The van der Waals surface area contributed by atoms with Crippen LogP contribution in [0.15, 0.2) is 48.7 Å². The van der Waals surface area contributed by atoms with E-state index in [4.69, 9.17) is 14.7 Å². The fourth-order valence-corrected chi connectivity index (χ4v) is 4.57. The number of halogens is 4. The van der Waals surface area contributed by atoms with Crippen LogP contribution in [0.5, 0.6) is 5.88 Å². The van der Waals surface area contributed by atoms with Gasteiger partial charge in [-0.3, -0.25) is 15.0 Å². The Morgan fingerprint density at radius 2 is 2.03 bits per heavy atom. The molecule has 12 heteroatoms. The van der Waals surface area contributed by atoms with Gasteiger partial charge in [0.05, 0.1) is 36.8 Å². The maximum atomic E-state index is 13.8. The Kier molecular flexibility index (Phi) is 13.0. The molecule has 3 N–H and O–H groups in total. The largest absolute Gasteiger partial charge is 0.481 e. The number of nitrogens with one attached hydrogen (secondary N) is 2. The van der Waals surface area contributed by atoms with Crippen LogP contribution in [-0.2, 0) is 16.0 Å². The Morgan fingerprint density at radius 1 is 1.21 bits per heavy atom. The van der Waals surface area contributed by atoms with Crippen molar-refractivity contribution >= 4 is 47.8 Å². The van der Waals surface area contributed by atoms with E-state index in [9.17, 15) is 13.6 Å². The van der Waals surface area contributed by atoms with Crippen LogP contribution in [-0.4, -0.2) is 53.0 Å². The molecule has 1 aliphatic rings. The number of amides is 1. The zero-order valence-corrected chi connectivity index (χ0v) is 22.9. The van der Waals surface area contributed by atoms with Crippen LogP contribution in [0.2, 0.25) is 0 Å². The van der Waals surface area contributed by atoms with Crippen molar-refractivity contribution in [1.82, 2.24) is 20.8 Å². The van der Waals surface area contributed by atoms with E-state index >= 15 is 0 Å². The van der Waals surface area contributed by atoms with Crippen LogP contribution in [0.3, 0.4) is 0 Å². The van der Waals surface area contributed by atoms with E-state index in [2.05, 4.69) is 15.3 Å². The molecule has 0 saturated carbocycles. The van der Waals surface area contributed by atoms with Crippen molar-refractivity contribution in [3.63, 3.8) is 0 Å². The minimum absolute atomic E-state index is 0. The van der Waals surface area contributed by atoms with Crippen LogP contribution < -0.4 is 15.5 Å². The third-order valence-corrected chi connectivity index (χ3v) is 6.47. The highest BCUT2D eigenvalue weighted by Crippen LogP contribution is 2.27. The van der Waals surface area contributed by atoms with Gasteiger partial charge in [-0.1, -0.05) is 12.2 Å². The number of carbonyl (C=O) groups excluding carboxylic acids is 1. The number of benzene rings is 1. The molecule has 3 aromatic rings. The predicted octanol–water partition coefficient (Wildman–Crippen LogP) is 4.81. The molecular weight excluding hydrogens is 553 g/mol. The van der Waals surface area contributed by atoms with Gasteiger partial charge in [0, 0.05) is 30.4 Å². The first-order chi connectivity index (χ1) is 18.0. The quantitative estimate of drug-likeness (QED) is 0.232. The molecule has 0 spiro atoms. The molecule has 1 aromatic carbocycles. The number of hydrogen-bond acceptors (Lipinski definition) is 7. The number of pyridine rings is 2. The lowest BCUT2D eigenvalue weighted by molar-refractivity contribution is -0.137. The molecular formula is C27H32Cl2F2N4O4. The number of hydrogen-bond donors (Lipinski definition) is 3. The molecule has 0 bridgehead atoms. The maximum Gasteiger partial charge on any atom is 0.246 e. The van der Waals surface area contributed by atoms with Crippen LogP contribution in [0, 0.1) is 11.6 Å². The van der Waals surface area contributed by atoms with E-state index < -0.39 is 23.6 Å². The van der Waals surface area contributed by atoms with Crippen molar-refractivity contribution in [3.05, 3.63) is 71.4 Å². The minimum atomic E-state index is -0.536. The van der Waals surface area contributed by atoms with Crippen molar-refractivity contribution in [2.24, 2.45) is 0 Å². The highest BCUT2D eigenvalue weighted by molar-refractivity contribution is 5.85. The Bertz CT molecular complexity index is 1270. The normalized spacial score (nSPS) is 18.8. The number of nitrogens with zero attached hydrogens (tertiary/aromatic N) is 2. The lowest BCUT2D eigenvalue weighted by Crippen LogP contribution is -2.49. The molecule has 0 radical (unpaired) electrons. The van der Waals surface area contributed by atoms with Gasteiger partial charge in [0.15, 0.2) is 0 Å². The van der Waals surface area contributed by atoms with E-state index in [-0.39, 0.29) is 48.9 Å². The maximum absolute atomic E-state index is 13.8. The summed E-state index contributed by atoms with van der Waals surface area (Å²) in [5.41, 5.74) is 4.44. The zero-order valence-electron chi connectivity index (χ0n) is 21.3. The van der Waals surface area contributed by atoms with Gasteiger partial charge in [0.2, 0.25) is 11.8 Å². The third-order valence-electron chi connectivity index (χ3n) is 6.47. The van der Waals surface area contributed by atoms with Crippen molar-refractivity contribution < 1.29 is 28.3 Å². The summed E-state index contributed by atoms with van der Waals surface area (Å²) in [7, 11) is 1.57. The summed E-state index contributed by atoms with van der Waals surface area (Å²) < 4.78 is 38.7. The van der Waals surface area contributed by atoms with E-state index in [0.29, 0.717) is 18.8 Å². The first-order valence-electron chi connectivity index (χ1n) is 12.2. The second kappa shape index (κ2) is 15.6. The highest BCUT2D eigenvalue weighted by atomic mass is 35.5.